The Hall–Kier alpha value is -1.31. The lowest BCUT2D eigenvalue weighted by atomic mass is 10.1. The number of halogens is 1. The molecule has 1 rings (SSSR count). The number of hydrogen-bond acceptors (Lipinski definition) is 3. The number of hydrogen-bond donors (Lipinski definition) is 2. The van der Waals surface area contributed by atoms with E-state index < -0.39 is 5.60 Å². The van der Waals surface area contributed by atoms with Crippen LogP contribution in [-0.2, 0) is 16.0 Å². The summed E-state index contributed by atoms with van der Waals surface area (Å²) in [6.45, 7) is 9.11. The third kappa shape index (κ3) is 11.3. The summed E-state index contributed by atoms with van der Waals surface area (Å²) in [6, 6.07) is 10.4. The van der Waals surface area contributed by atoms with Crippen molar-refractivity contribution in [2.75, 3.05) is 19.6 Å². The number of rotatable bonds is 7. The van der Waals surface area contributed by atoms with E-state index in [2.05, 4.69) is 39.9 Å². The van der Waals surface area contributed by atoms with Crippen LogP contribution in [0.1, 0.15) is 39.7 Å². The molecule has 0 saturated heterocycles. The largest absolute Gasteiger partial charge is 0.459 e. The minimum atomic E-state index is -0.478. The van der Waals surface area contributed by atoms with Gasteiger partial charge in [-0.25, -0.2) is 4.99 Å². The van der Waals surface area contributed by atoms with Gasteiger partial charge in [0.25, 0.3) is 0 Å². The molecule has 0 aliphatic carbocycles. The molecule has 2 N–H and O–H groups in total. The number of aryl methyl sites for hydroxylation is 1. The quantitative estimate of drug-likeness (QED) is 0.222. The van der Waals surface area contributed by atoms with Crippen LogP contribution in [0, 0.1) is 0 Å². The third-order valence-corrected chi connectivity index (χ3v) is 2.91. The fraction of sp³-hybridized carbons (Fsp3) is 0.556. The van der Waals surface area contributed by atoms with Gasteiger partial charge >= 0.3 is 5.97 Å². The van der Waals surface area contributed by atoms with Crippen LogP contribution >= 0.6 is 24.0 Å². The molecule has 0 unspecified atom stereocenters. The Morgan fingerprint density at radius 1 is 1.17 bits per heavy atom. The molecule has 0 bridgehead atoms. The Labute approximate surface area is 162 Å². The monoisotopic (exact) mass is 447 g/mol. The summed E-state index contributed by atoms with van der Waals surface area (Å²) in [6.07, 6.45) is 2.01. The van der Waals surface area contributed by atoms with Gasteiger partial charge in [0.1, 0.15) is 12.1 Å². The number of nitrogens with zero attached hydrogens (tertiary/aromatic N) is 1. The number of carbonyl (C=O) groups is 1. The van der Waals surface area contributed by atoms with Gasteiger partial charge in [-0.1, -0.05) is 30.3 Å². The van der Waals surface area contributed by atoms with Crippen molar-refractivity contribution in [3.8, 4) is 0 Å². The maximum absolute atomic E-state index is 11.7. The van der Waals surface area contributed by atoms with E-state index in [1.165, 1.54) is 5.56 Å². The van der Waals surface area contributed by atoms with Gasteiger partial charge in [0.2, 0.25) is 0 Å². The molecule has 0 heterocycles. The van der Waals surface area contributed by atoms with Crippen LogP contribution in [0.3, 0.4) is 0 Å². The van der Waals surface area contributed by atoms with E-state index in [9.17, 15) is 4.79 Å². The molecular weight excluding hydrogens is 417 g/mol. The number of ether oxygens (including phenoxy) is 1. The predicted molar refractivity (Wildman–Crippen MR) is 110 cm³/mol. The van der Waals surface area contributed by atoms with Gasteiger partial charge in [-0.05, 0) is 46.1 Å². The molecule has 0 radical (unpaired) electrons. The highest BCUT2D eigenvalue weighted by Gasteiger charge is 2.15. The molecule has 6 heteroatoms. The first kappa shape index (κ1) is 22.7. The molecule has 0 spiro atoms. The molecular formula is C18H30IN3O2. The van der Waals surface area contributed by atoms with Crippen LogP contribution in [0.15, 0.2) is 35.3 Å². The number of guanidine groups is 1. The third-order valence-electron chi connectivity index (χ3n) is 2.91. The molecule has 0 atom stereocenters. The molecule has 0 amide bonds. The highest BCUT2D eigenvalue weighted by atomic mass is 127. The van der Waals surface area contributed by atoms with E-state index in [0.29, 0.717) is 5.96 Å². The Balaban J connectivity index is 0.00000529. The van der Waals surface area contributed by atoms with Crippen molar-refractivity contribution in [3.63, 3.8) is 0 Å². The van der Waals surface area contributed by atoms with Crippen molar-refractivity contribution in [2.24, 2.45) is 4.99 Å². The Morgan fingerprint density at radius 2 is 1.83 bits per heavy atom. The molecule has 5 nitrogen and oxygen atoms in total. The zero-order valence-electron chi connectivity index (χ0n) is 15.1. The number of esters is 1. The molecule has 0 fully saturated rings. The SMILES string of the molecule is CCNC(=NCC(=O)OC(C)(C)C)NCCCc1ccccc1.I. The summed E-state index contributed by atoms with van der Waals surface area (Å²) >= 11 is 0. The van der Waals surface area contributed by atoms with Gasteiger partial charge in [0, 0.05) is 13.1 Å². The first-order valence-electron chi connectivity index (χ1n) is 8.18. The zero-order chi connectivity index (χ0) is 17.1. The van der Waals surface area contributed by atoms with E-state index in [1.54, 1.807) is 0 Å². The average molecular weight is 447 g/mol. The number of benzene rings is 1. The maximum atomic E-state index is 11.7. The number of aliphatic imine (C=N–C) groups is 1. The van der Waals surface area contributed by atoms with Crippen LogP contribution in [-0.4, -0.2) is 37.2 Å². The van der Waals surface area contributed by atoms with E-state index in [1.807, 2.05) is 33.8 Å². The van der Waals surface area contributed by atoms with E-state index in [-0.39, 0.29) is 36.5 Å². The molecule has 1 aromatic rings. The van der Waals surface area contributed by atoms with Crippen LogP contribution in [0.2, 0.25) is 0 Å². The molecule has 0 aromatic heterocycles. The molecule has 0 aliphatic rings. The van der Waals surface area contributed by atoms with Crippen molar-refractivity contribution in [1.82, 2.24) is 10.6 Å². The Bertz CT molecular complexity index is 499. The molecule has 0 saturated carbocycles. The lowest BCUT2D eigenvalue weighted by Gasteiger charge is -2.19. The van der Waals surface area contributed by atoms with Gasteiger partial charge in [-0.15, -0.1) is 24.0 Å². The minimum Gasteiger partial charge on any atom is -0.459 e. The molecule has 24 heavy (non-hydrogen) atoms. The van der Waals surface area contributed by atoms with E-state index in [0.717, 1.165) is 25.9 Å². The number of nitrogens with one attached hydrogen (secondary N) is 2. The second-order valence-corrected chi connectivity index (χ2v) is 6.30. The summed E-state index contributed by atoms with van der Waals surface area (Å²) in [5.41, 5.74) is 0.846. The van der Waals surface area contributed by atoms with E-state index >= 15 is 0 Å². The highest BCUT2D eigenvalue weighted by Crippen LogP contribution is 2.06. The zero-order valence-corrected chi connectivity index (χ0v) is 17.4. The summed E-state index contributed by atoms with van der Waals surface area (Å²) in [4.78, 5) is 16.0. The van der Waals surface area contributed by atoms with Crippen LogP contribution in [0.4, 0.5) is 0 Å². The van der Waals surface area contributed by atoms with Crippen LogP contribution in [0.5, 0.6) is 0 Å². The van der Waals surface area contributed by atoms with Crippen molar-refractivity contribution in [1.29, 1.82) is 0 Å². The summed E-state index contributed by atoms with van der Waals surface area (Å²) in [7, 11) is 0. The lowest BCUT2D eigenvalue weighted by Crippen LogP contribution is -2.38. The van der Waals surface area contributed by atoms with Crippen LogP contribution < -0.4 is 10.6 Å². The van der Waals surface area contributed by atoms with Gasteiger partial charge in [0.15, 0.2) is 5.96 Å². The highest BCUT2D eigenvalue weighted by molar-refractivity contribution is 14.0. The first-order chi connectivity index (χ1) is 10.9. The maximum Gasteiger partial charge on any atom is 0.328 e. The Morgan fingerprint density at radius 3 is 2.42 bits per heavy atom. The van der Waals surface area contributed by atoms with Crippen molar-refractivity contribution in [2.45, 2.75) is 46.1 Å². The van der Waals surface area contributed by atoms with Crippen molar-refractivity contribution < 1.29 is 9.53 Å². The lowest BCUT2D eigenvalue weighted by molar-refractivity contribution is -0.152. The van der Waals surface area contributed by atoms with Crippen LogP contribution in [0.25, 0.3) is 0 Å². The van der Waals surface area contributed by atoms with Gasteiger partial charge in [0.05, 0.1) is 0 Å². The van der Waals surface area contributed by atoms with E-state index in [4.69, 9.17) is 4.74 Å². The van der Waals surface area contributed by atoms with Crippen molar-refractivity contribution in [3.05, 3.63) is 35.9 Å². The normalized spacial score (nSPS) is 11.4. The molecule has 136 valence electrons. The summed E-state index contributed by atoms with van der Waals surface area (Å²) in [5.74, 6) is 0.324. The summed E-state index contributed by atoms with van der Waals surface area (Å²) < 4.78 is 5.25. The summed E-state index contributed by atoms with van der Waals surface area (Å²) in [5, 5.41) is 6.37. The minimum absolute atomic E-state index is 0. The first-order valence-corrected chi connectivity index (χ1v) is 8.18. The van der Waals surface area contributed by atoms with Crippen molar-refractivity contribution >= 4 is 35.9 Å². The fourth-order valence-corrected chi connectivity index (χ4v) is 2.00. The standard InChI is InChI=1S/C18H29N3O2.HI/c1-5-19-17(21-14-16(22)23-18(2,3)4)20-13-9-12-15-10-7-6-8-11-15;/h6-8,10-11H,5,9,12-14H2,1-4H3,(H2,19,20,21);1H. The fourth-order valence-electron chi connectivity index (χ4n) is 2.00. The van der Waals surface area contributed by atoms with Gasteiger partial charge in [-0.3, -0.25) is 4.79 Å². The topological polar surface area (TPSA) is 62.7 Å². The molecule has 0 aliphatic heterocycles. The average Bonchev–Trinajstić information content (AvgIpc) is 2.48. The number of carbonyl (C=O) groups excluding carboxylic acids is 1. The second-order valence-electron chi connectivity index (χ2n) is 6.30. The van der Waals surface area contributed by atoms with Gasteiger partial charge < -0.3 is 15.4 Å². The Kier molecular flexibility index (Phi) is 11.4. The van der Waals surface area contributed by atoms with Gasteiger partial charge in [-0.2, -0.15) is 0 Å². The molecule has 1 aromatic carbocycles. The predicted octanol–water partition coefficient (Wildman–Crippen LogP) is 3.13. The second kappa shape index (κ2) is 12.1. The smallest absolute Gasteiger partial charge is 0.328 e.